The summed E-state index contributed by atoms with van der Waals surface area (Å²) >= 11 is 0. The van der Waals surface area contributed by atoms with E-state index in [0.717, 1.165) is 32.8 Å². The molecule has 0 atom stereocenters. The molecule has 0 saturated carbocycles. The molecule has 0 amide bonds. The minimum atomic E-state index is 0.290. The van der Waals surface area contributed by atoms with E-state index >= 15 is 0 Å². The Bertz CT molecular complexity index is 960. The van der Waals surface area contributed by atoms with Crippen molar-refractivity contribution in [1.29, 1.82) is 0 Å². The molecular weight excluding hydrogens is 258 g/mol. The summed E-state index contributed by atoms with van der Waals surface area (Å²) in [6, 6.07) is 21.7. The molecule has 0 bridgehead atoms. The minimum absolute atomic E-state index is 0.290. The van der Waals surface area contributed by atoms with Gasteiger partial charge in [-0.05, 0) is 23.1 Å². The quantitative estimate of drug-likeness (QED) is 0.506. The molecule has 0 saturated heterocycles. The second-order valence-corrected chi connectivity index (χ2v) is 5.06. The summed E-state index contributed by atoms with van der Waals surface area (Å²) in [5.41, 5.74) is 2.81. The van der Waals surface area contributed by atoms with Gasteiger partial charge in [-0.2, -0.15) is 0 Å². The monoisotopic (exact) mass is 271 g/mol. The maximum absolute atomic E-state index is 10.2. The van der Waals surface area contributed by atoms with E-state index < -0.39 is 0 Å². The van der Waals surface area contributed by atoms with Gasteiger partial charge in [0.05, 0.1) is 5.52 Å². The van der Waals surface area contributed by atoms with Crippen LogP contribution in [0.3, 0.4) is 0 Å². The highest BCUT2D eigenvalue weighted by Gasteiger charge is 2.10. The van der Waals surface area contributed by atoms with Crippen LogP contribution in [-0.2, 0) is 0 Å². The van der Waals surface area contributed by atoms with Crippen LogP contribution in [0.25, 0.3) is 32.8 Å². The summed E-state index contributed by atoms with van der Waals surface area (Å²) in [7, 11) is 0. The van der Waals surface area contributed by atoms with Crippen LogP contribution in [0.5, 0.6) is 5.75 Å². The lowest BCUT2D eigenvalue weighted by molar-refractivity contribution is 0.477. The van der Waals surface area contributed by atoms with Gasteiger partial charge in [0.2, 0.25) is 0 Å². The Morgan fingerprint density at radius 1 is 0.667 bits per heavy atom. The first kappa shape index (κ1) is 11.9. The standard InChI is InChI=1S/C19H13NO/c21-17-9-2-1-7-15(17)16-8-3-5-13-10-11-14-6-4-12-20-19(14)18(13)16/h1-12,21H. The Morgan fingerprint density at radius 3 is 2.33 bits per heavy atom. The van der Waals surface area contributed by atoms with Gasteiger partial charge in [-0.1, -0.05) is 54.6 Å². The second kappa shape index (κ2) is 4.60. The van der Waals surface area contributed by atoms with E-state index in [4.69, 9.17) is 0 Å². The van der Waals surface area contributed by atoms with Crippen molar-refractivity contribution in [2.45, 2.75) is 0 Å². The molecule has 0 aliphatic heterocycles. The number of phenols is 1. The Balaban J connectivity index is 2.19. The molecule has 0 radical (unpaired) electrons. The number of pyridine rings is 1. The molecule has 1 N–H and O–H groups in total. The third kappa shape index (κ3) is 1.84. The van der Waals surface area contributed by atoms with Crippen molar-refractivity contribution < 1.29 is 5.11 Å². The fourth-order valence-electron chi connectivity index (χ4n) is 2.84. The molecule has 0 fully saturated rings. The highest BCUT2D eigenvalue weighted by molar-refractivity contribution is 6.12. The first-order valence-electron chi connectivity index (χ1n) is 6.89. The van der Waals surface area contributed by atoms with Crippen molar-refractivity contribution in [1.82, 2.24) is 4.98 Å². The number of phenolic OH excluding ortho intramolecular Hbond substituents is 1. The average molecular weight is 271 g/mol. The van der Waals surface area contributed by atoms with Gasteiger partial charge in [-0.25, -0.2) is 0 Å². The van der Waals surface area contributed by atoms with Crippen LogP contribution in [0.4, 0.5) is 0 Å². The number of para-hydroxylation sites is 1. The lowest BCUT2D eigenvalue weighted by atomic mass is 9.95. The second-order valence-electron chi connectivity index (χ2n) is 5.06. The van der Waals surface area contributed by atoms with E-state index in [1.54, 1.807) is 6.07 Å². The minimum Gasteiger partial charge on any atom is -0.507 e. The smallest absolute Gasteiger partial charge is 0.123 e. The molecule has 2 heteroatoms. The van der Waals surface area contributed by atoms with Crippen LogP contribution >= 0.6 is 0 Å². The highest BCUT2D eigenvalue weighted by atomic mass is 16.3. The molecule has 2 nitrogen and oxygen atoms in total. The third-order valence-electron chi connectivity index (χ3n) is 3.81. The maximum atomic E-state index is 10.2. The summed E-state index contributed by atoms with van der Waals surface area (Å²) in [5, 5.41) is 13.5. The first-order chi connectivity index (χ1) is 10.3. The average Bonchev–Trinajstić information content (AvgIpc) is 2.54. The van der Waals surface area contributed by atoms with E-state index in [0.29, 0.717) is 0 Å². The molecule has 0 spiro atoms. The molecule has 4 aromatic rings. The van der Waals surface area contributed by atoms with Crippen LogP contribution < -0.4 is 0 Å². The zero-order chi connectivity index (χ0) is 14.2. The van der Waals surface area contributed by atoms with Crippen molar-refractivity contribution in [2.24, 2.45) is 0 Å². The molecular formula is C19H13NO. The lowest BCUT2D eigenvalue weighted by Gasteiger charge is -2.10. The number of rotatable bonds is 1. The van der Waals surface area contributed by atoms with E-state index in [1.165, 1.54) is 0 Å². The van der Waals surface area contributed by atoms with Crippen molar-refractivity contribution >= 4 is 21.7 Å². The van der Waals surface area contributed by atoms with Crippen molar-refractivity contribution in [3.8, 4) is 16.9 Å². The topological polar surface area (TPSA) is 33.1 Å². The van der Waals surface area contributed by atoms with Gasteiger partial charge in [0.15, 0.2) is 0 Å². The normalized spacial score (nSPS) is 11.0. The largest absolute Gasteiger partial charge is 0.507 e. The Morgan fingerprint density at radius 2 is 1.43 bits per heavy atom. The zero-order valence-corrected chi connectivity index (χ0v) is 11.3. The van der Waals surface area contributed by atoms with E-state index in [-0.39, 0.29) is 5.75 Å². The summed E-state index contributed by atoms with van der Waals surface area (Å²) in [6.45, 7) is 0. The number of fused-ring (bicyclic) bond motifs is 3. The van der Waals surface area contributed by atoms with Crippen molar-refractivity contribution in [2.75, 3.05) is 0 Å². The van der Waals surface area contributed by atoms with Crippen LogP contribution in [0.1, 0.15) is 0 Å². The Kier molecular flexibility index (Phi) is 2.61. The van der Waals surface area contributed by atoms with E-state index in [1.807, 2.05) is 42.6 Å². The first-order valence-corrected chi connectivity index (χ1v) is 6.89. The van der Waals surface area contributed by atoms with Gasteiger partial charge < -0.3 is 5.11 Å². The fraction of sp³-hybridized carbons (Fsp3) is 0. The summed E-state index contributed by atoms with van der Waals surface area (Å²) in [4.78, 5) is 4.54. The number of hydrogen-bond acceptors (Lipinski definition) is 2. The van der Waals surface area contributed by atoms with Crippen LogP contribution in [-0.4, -0.2) is 10.1 Å². The van der Waals surface area contributed by atoms with Crippen LogP contribution in [0.2, 0.25) is 0 Å². The number of aromatic hydroxyl groups is 1. The van der Waals surface area contributed by atoms with Crippen molar-refractivity contribution in [3.63, 3.8) is 0 Å². The molecule has 1 heterocycles. The van der Waals surface area contributed by atoms with Gasteiger partial charge in [-0.15, -0.1) is 0 Å². The lowest BCUT2D eigenvalue weighted by Crippen LogP contribution is -1.86. The van der Waals surface area contributed by atoms with E-state index in [2.05, 4.69) is 29.2 Å². The van der Waals surface area contributed by atoms with Gasteiger partial charge in [0.1, 0.15) is 5.75 Å². The molecule has 100 valence electrons. The highest BCUT2D eigenvalue weighted by Crippen LogP contribution is 2.37. The van der Waals surface area contributed by atoms with Gasteiger partial charge in [-0.3, -0.25) is 4.98 Å². The predicted octanol–water partition coefficient (Wildman–Crippen LogP) is 4.76. The molecule has 0 aliphatic rings. The van der Waals surface area contributed by atoms with Gasteiger partial charge in [0.25, 0.3) is 0 Å². The third-order valence-corrected chi connectivity index (χ3v) is 3.81. The molecule has 0 unspecified atom stereocenters. The summed E-state index contributed by atoms with van der Waals surface area (Å²) < 4.78 is 0. The Labute approximate surface area is 122 Å². The maximum Gasteiger partial charge on any atom is 0.123 e. The fourth-order valence-corrected chi connectivity index (χ4v) is 2.84. The zero-order valence-electron chi connectivity index (χ0n) is 11.3. The summed E-state index contributed by atoms with van der Waals surface area (Å²) in [5.74, 6) is 0.290. The van der Waals surface area contributed by atoms with Crippen LogP contribution in [0.15, 0.2) is 72.9 Å². The molecule has 1 aromatic heterocycles. The molecule has 3 aromatic carbocycles. The van der Waals surface area contributed by atoms with Gasteiger partial charge in [0, 0.05) is 22.5 Å². The van der Waals surface area contributed by atoms with Crippen molar-refractivity contribution in [3.05, 3.63) is 72.9 Å². The van der Waals surface area contributed by atoms with E-state index in [9.17, 15) is 5.11 Å². The van der Waals surface area contributed by atoms with Crippen LogP contribution in [0, 0.1) is 0 Å². The molecule has 0 aliphatic carbocycles. The number of hydrogen-bond donors (Lipinski definition) is 1. The van der Waals surface area contributed by atoms with Gasteiger partial charge >= 0.3 is 0 Å². The SMILES string of the molecule is Oc1ccccc1-c1cccc2ccc3cccnc3c12. The molecule has 4 rings (SSSR count). The Hall–Kier alpha value is -2.87. The number of nitrogens with zero attached hydrogens (tertiary/aromatic N) is 1. The number of aromatic nitrogens is 1. The molecule has 21 heavy (non-hydrogen) atoms. The summed E-state index contributed by atoms with van der Waals surface area (Å²) in [6.07, 6.45) is 1.81. The number of benzene rings is 3. The predicted molar refractivity (Wildman–Crippen MR) is 86.3 cm³/mol.